The van der Waals surface area contributed by atoms with Crippen molar-refractivity contribution in [2.75, 3.05) is 5.33 Å². The first-order valence-electron chi connectivity index (χ1n) is 5.16. The first-order valence-corrected chi connectivity index (χ1v) is 6.66. The average molecular weight is 386 g/mol. The van der Waals surface area contributed by atoms with Crippen LogP contribution in [0.5, 0.6) is 0 Å². The topological polar surface area (TPSA) is 9.23 Å². The normalized spacial score (nSPS) is 14.7. The van der Waals surface area contributed by atoms with Gasteiger partial charge in [-0.05, 0) is 17.7 Å². The number of benzene rings is 1. The Morgan fingerprint density at radius 1 is 1.00 bits per heavy atom. The minimum atomic E-state index is -5.54. The summed E-state index contributed by atoms with van der Waals surface area (Å²) in [4.78, 5) is 0. The van der Waals surface area contributed by atoms with E-state index in [-0.39, 0.29) is 10.9 Å². The van der Waals surface area contributed by atoms with Gasteiger partial charge < -0.3 is 4.74 Å². The quantitative estimate of drug-likeness (QED) is 0.506. The highest BCUT2D eigenvalue weighted by atomic mass is 79.9. The molecule has 0 saturated carbocycles. The number of ether oxygens (including phenoxy) is 1. The van der Waals surface area contributed by atoms with Gasteiger partial charge in [0.15, 0.2) is 0 Å². The van der Waals surface area contributed by atoms with E-state index in [1.807, 2.05) is 0 Å². The van der Waals surface area contributed by atoms with Crippen LogP contribution in [0.15, 0.2) is 24.3 Å². The zero-order valence-corrected chi connectivity index (χ0v) is 11.9. The summed E-state index contributed by atoms with van der Waals surface area (Å²) >= 11 is 8.44. The number of halogens is 8. The Hall–Kier alpha value is -0.470. The van der Waals surface area contributed by atoms with Crippen molar-refractivity contribution in [1.29, 1.82) is 0 Å². The first kappa shape index (κ1) is 17.6. The van der Waals surface area contributed by atoms with Crippen molar-refractivity contribution in [3.63, 3.8) is 0 Å². The summed E-state index contributed by atoms with van der Waals surface area (Å²) in [5.41, 5.74) is 0.157. The van der Waals surface area contributed by atoms with Gasteiger partial charge in [-0.25, -0.2) is 0 Å². The van der Waals surface area contributed by atoms with Crippen LogP contribution >= 0.6 is 27.5 Å². The van der Waals surface area contributed by atoms with Crippen LogP contribution in [-0.2, 0) is 4.74 Å². The Balaban J connectivity index is 2.98. The Kier molecular flexibility index (Phi) is 5.74. The third-order valence-electron chi connectivity index (χ3n) is 2.28. The summed E-state index contributed by atoms with van der Waals surface area (Å²) in [7, 11) is 0. The lowest BCUT2D eigenvalue weighted by Crippen LogP contribution is -2.45. The van der Waals surface area contributed by atoms with Crippen LogP contribution in [0.25, 0.3) is 0 Å². The maximum atomic E-state index is 12.4. The summed E-state index contributed by atoms with van der Waals surface area (Å²) < 4.78 is 78.7. The molecule has 0 heterocycles. The average Bonchev–Trinajstić information content (AvgIpc) is 2.28. The van der Waals surface area contributed by atoms with Gasteiger partial charge in [-0.15, -0.1) is 0 Å². The van der Waals surface area contributed by atoms with Gasteiger partial charge in [0, 0.05) is 10.4 Å². The number of rotatable bonds is 4. The number of alkyl halides is 7. The molecule has 0 aliphatic rings. The molecule has 20 heavy (non-hydrogen) atoms. The fourth-order valence-corrected chi connectivity index (χ4v) is 2.04. The van der Waals surface area contributed by atoms with Crippen LogP contribution in [0.2, 0.25) is 5.02 Å². The Morgan fingerprint density at radius 3 is 1.80 bits per heavy atom. The lowest BCUT2D eigenvalue weighted by atomic mass is 10.1. The zero-order chi connectivity index (χ0) is 15.6. The molecule has 114 valence electrons. The molecule has 1 aromatic carbocycles. The van der Waals surface area contributed by atoms with Crippen molar-refractivity contribution in [3.05, 3.63) is 34.9 Å². The van der Waals surface area contributed by atoms with Gasteiger partial charge in [0.25, 0.3) is 0 Å². The van der Waals surface area contributed by atoms with Gasteiger partial charge in [0.1, 0.15) is 0 Å². The van der Waals surface area contributed by atoms with Crippen molar-refractivity contribution >= 4 is 27.5 Å². The molecule has 0 amide bonds. The third kappa shape index (κ3) is 4.82. The van der Waals surface area contributed by atoms with Crippen LogP contribution in [0, 0.1) is 0 Å². The second-order valence-corrected chi connectivity index (χ2v) is 4.88. The van der Waals surface area contributed by atoms with Gasteiger partial charge in [-0.1, -0.05) is 39.7 Å². The molecular formula is C11H8BrClF6O. The molecule has 1 rings (SSSR count). The fourth-order valence-electron chi connectivity index (χ4n) is 1.39. The highest BCUT2D eigenvalue weighted by Gasteiger charge is 2.58. The summed E-state index contributed by atoms with van der Waals surface area (Å²) in [6.07, 6.45) is -16.3. The lowest BCUT2D eigenvalue weighted by Gasteiger charge is -2.27. The lowest BCUT2D eigenvalue weighted by molar-refractivity contribution is -0.330. The van der Waals surface area contributed by atoms with E-state index in [1.165, 1.54) is 24.3 Å². The van der Waals surface area contributed by atoms with Crippen molar-refractivity contribution < 1.29 is 31.1 Å². The van der Waals surface area contributed by atoms with Crippen LogP contribution in [0.3, 0.4) is 0 Å². The van der Waals surface area contributed by atoms with E-state index in [0.717, 1.165) is 0 Å². The Morgan fingerprint density at radius 2 is 1.45 bits per heavy atom. The van der Waals surface area contributed by atoms with E-state index < -0.39 is 24.6 Å². The summed E-state index contributed by atoms with van der Waals surface area (Å²) in [5, 5.41) is 0.0855. The maximum absolute atomic E-state index is 12.4. The fraction of sp³-hybridized carbons (Fsp3) is 0.455. The standard InChI is InChI=1S/C11H8BrClF6O/c12-5-8(6-1-3-7(13)4-2-6)20-9(10(14,15)16)11(17,18)19/h1-4,8-9H,5H2. The van der Waals surface area contributed by atoms with Crippen molar-refractivity contribution in [1.82, 2.24) is 0 Å². The number of hydrogen-bond acceptors (Lipinski definition) is 1. The van der Waals surface area contributed by atoms with Crippen LogP contribution < -0.4 is 0 Å². The van der Waals surface area contributed by atoms with E-state index in [1.54, 1.807) is 0 Å². The number of hydrogen-bond donors (Lipinski definition) is 0. The predicted octanol–water partition coefficient (Wildman–Crippen LogP) is 5.29. The molecule has 0 radical (unpaired) electrons. The molecule has 0 aromatic heterocycles. The summed E-state index contributed by atoms with van der Waals surface area (Å²) in [6.45, 7) is 0. The zero-order valence-electron chi connectivity index (χ0n) is 9.60. The second-order valence-electron chi connectivity index (χ2n) is 3.79. The second kappa shape index (κ2) is 6.53. The molecule has 0 spiro atoms. The third-order valence-corrected chi connectivity index (χ3v) is 3.12. The molecule has 1 unspecified atom stereocenters. The molecule has 0 aliphatic carbocycles. The molecule has 0 aliphatic heterocycles. The van der Waals surface area contributed by atoms with Gasteiger partial charge in [-0.3, -0.25) is 0 Å². The molecule has 9 heteroatoms. The maximum Gasteiger partial charge on any atom is 0.423 e. The van der Waals surface area contributed by atoms with Crippen molar-refractivity contribution in [2.45, 2.75) is 24.6 Å². The summed E-state index contributed by atoms with van der Waals surface area (Å²) in [6, 6.07) is 5.31. The molecule has 1 aromatic rings. The molecule has 0 N–H and O–H groups in total. The largest absolute Gasteiger partial charge is 0.423 e. The van der Waals surface area contributed by atoms with Crippen LogP contribution in [0.4, 0.5) is 26.3 Å². The van der Waals surface area contributed by atoms with E-state index >= 15 is 0 Å². The minimum Gasteiger partial charge on any atom is -0.352 e. The van der Waals surface area contributed by atoms with Gasteiger partial charge in [0.05, 0.1) is 6.10 Å². The van der Waals surface area contributed by atoms with E-state index in [0.29, 0.717) is 5.02 Å². The van der Waals surface area contributed by atoms with Crippen LogP contribution in [-0.4, -0.2) is 23.8 Å². The Bertz CT molecular complexity index is 416. The SMILES string of the molecule is FC(F)(F)C(OC(CBr)c1ccc(Cl)cc1)C(F)(F)F. The molecule has 1 nitrogen and oxygen atoms in total. The monoisotopic (exact) mass is 384 g/mol. The minimum absolute atomic E-state index is 0.157. The van der Waals surface area contributed by atoms with E-state index in [4.69, 9.17) is 11.6 Å². The predicted molar refractivity (Wildman–Crippen MR) is 65.0 cm³/mol. The van der Waals surface area contributed by atoms with Gasteiger partial charge >= 0.3 is 12.4 Å². The van der Waals surface area contributed by atoms with E-state index in [2.05, 4.69) is 20.7 Å². The first-order chi connectivity index (χ1) is 9.05. The molecule has 1 atom stereocenters. The van der Waals surface area contributed by atoms with E-state index in [9.17, 15) is 26.3 Å². The molecule has 0 bridgehead atoms. The smallest absolute Gasteiger partial charge is 0.352 e. The molecular weight excluding hydrogens is 377 g/mol. The van der Waals surface area contributed by atoms with Crippen molar-refractivity contribution in [3.8, 4) is 0 Å². The molecule has 0 fully saturated rings. The summed E-state index contributed by atoms with van der Waals surface area (Å²) in [5.74, 6) is 0. The Labute approximate surface area is 124 Å². The van der Waals surface area contributed by atoms with Crippen LogP contribution in [0.1, 0.15) is 11.7 Å². The highest BCUT2D eigenvalue weighted by molar-refractivity contribution is 9.09. The van der Waals surface area contributed by atoms with Gasteiger partial charge in [0.2, 0.25) is 6.10 Å². The molecule has 0 saturated heterocycles. The van der Waals surface area contributed by atoms with Crippen molar-refractivity contribution in [2.24, 2.45) is 0 Å². The van der Waals surface area contributed by atoms with Gasteiger partial charge in [-0.2, -0.15) is 26.3 Å². The highest BCUT2D eigenvalue weighted by Crippen LogP contribution is 2.39.